The smallest absolute Gasteiger partial charge is 0.183 e. The van der Waals surface area contributed by atoms with Crippen LogP contribution in [0, 0.1) is 11.5 Å². The monoisotopic (exact) mass is 347 g/mol. The molecule has 1 aromatic carbocycles. The Morgan fingerprint density at radius 1 is 1.56 bits per heavy atom. The van der Waals surface area contributed by atoms with Crippen molar-refractivity contribution in [2.75, 3.05) is 12.5 Å². The minimum atomic E-state index is -3.24. The molecule has 18 heavy (non-hydrogen) atoms. The van der Waals surface area contributed by atoms with Gasteiger partial charge in [0.1, 0.15) is 0 Å². The van der Waals surface area contributed by atoms with Gasteiger partial charge in [-0.05, 0) is 40.4 Å². The molecule has 1 rings (SSSR count). The van der Waals surface area contributed by atoms with E-state index in [2.05, 4.69) is 26.2 Å². The van der Waals surface area contributed by atoms with Crippen molar-refractivity contribution in [2.45, 2.75) is 4.90 Å². The van der Waals surface area contributed by atoms with Gasteiger partial charge in [-0.15, -0.1) is 0 Å². The summed E-state index contributed by atoms with van der Waals surface area (Å²) in [6.07, 6.45) is 4.70. The van der Waals surface area contributed by atoms with E-state index < -0.39 is 9.84 Å². The van der Waals surface area contributed by atoms with Gasteiger partial charge in [-0.1, -0.05) is 11.8 Å². The summed E-state index contributed by atoms with van der Waals surface area (Å²) < 4.78 is 23.3. The summed E-state index contributed by atoms with van der Waals surface area (Å²) in [5, 5.41) is 11.4. The molecule has 0 unspecified atom stereocenters. The van der Waals surface area contributed by atoms with Crippen LogP contribution in [-0.2, 0) is 9.84 Å². The van der Waals surface area contributed by atoms with E-state index in [0.29, 0.717) is 15.3 Å². The molecule has 0 amide bonds. The normalized spacial score (nSPS) is 12.0. The number of nitrogens with zero attached hydrogens (tertiary/aromatic N) is 2. The fourth-order valence-electron chi connectivity index (χ4n) is 1.09. The molecule has 0 heterocycles. The van der Waals surface area contributed by atoms with E-state index in [9.17, 15) is 8.42 Å². The molecule has 8 heteroatoms. The summed E-state index contributed by atoms with van der Waals surface area (Å²) >= 11 is 4.54. The predicted octanol–water partition coefficient (Wildman–Crippen LogP) is 2.27. The number of halogens is 1. The maximum Gasteiger partial charge on any atom is 0.183 e. The van der Waals surface area contributed by atoms with Crippen LogP contribution < -0.4 is 5.32 Å². The molecule has 0 atom stereocenters. The number of benzene rings is 1. The van der Waals surface area contributed by atoms with Gasteiger partial charge in [0, 0.05) is 10.7 Å². The highest BCUT2D eigenvalue weighted by molar-refractivity contribution is 9.10. The summed E-state index contributed by atoms with van der Waals surface area (Å²) in [4.78, 5) is 4.41. The van der Waals surface area contributed by atoms with Crippen molar-refractivity contribution in [1.29, 1.82) is 5.26 Å². The highest BCUT2D eigenvalue weighted by atomic mass is 79.9. The molecule has 1 N–H and O–H groups in total. The van der Waals surface area contributed by atoms with Gasteiger partial charge in [0.15, 0.2) is 21.2 Å². The van der Waals surface area contributed by atoms with Crippen LogP contribution in [0.4, 0.5) is 5.69 Å². The zero-order valence-electron chi connectivity index (χ0n) is 9.64. The molecule has 0 aliphatic carbocycles. The average Bonchev–Trinajstić information content (AvgIpc) is 2.29. The van der Waals surface area contributed by atoms with Crippen LogP contribution in [-0.4, -0.2) is 26.1 Å². The van der Waals surface area contributed by atoms with E-state index >= 15 is 0 Å². The maximum absolute atomic E-state index is 11.4. The minimum Gasteiger partial charge on any atom is -0.271 e. The van der Waals surface area contributed by atoms with Crippen molar-refractivity contribution < 1.29 is 8.42 Å². The van der Waals surface area contributed by atoms with Gasteiger partial charge >= 0.3 is 0 Å². The lowest BCUT2D eigenvalue weighted by Gasteiger charge is -2.04. The summed E-state index contributed by atoms with van der Waals surface area (Å²) in [7, 11) is -3.24. The molecule has 0 aromatic heterocycles. The van der Waals surface area contributed by atoms with Crippen LogP contribution in [0.25, 0.3) is 0 Å². The number of amidine groups is 1. The second kappa shape index (κ2) is 6.22. The average molecular weight is 348 g/mol. The first-order chi connectivity index (χ1) is 8.38. The Kier molecular flexibility index (Phi) is 5.19. The van der Waals surface area contributed by atoms with Crippen molar-refractivity contribution in [3.63, 3.8) is 0 Å². The van der Waals surface area contributed by atoms with E-state index in [1.54, 1.807) is 18.5 Å². The van der Waals surface area contributed by atoms with Crippen LogP contribution in [0.3, 0.4) is 0 Å². The number of hydrogen-bond donors (Lipinski definition) is 1. The number of thioether (sulfide) groups is 1. The van der Waals surface area contributed by atoms with Crippen molar-refractivity contribution in [2.24, 2.45) is 4.99 Å². The largest absolute Gasteiger partial charge is 0.271 e. The summed E-state index contributed by atoms with van der Waals surface area (Å²) in [6.45, 7) is 0. The first-order valence-electron chi connectivity index (χ1n) is 4.66. The Balaban J connectivity index is 3.19. The van der Waals surface area contributed by atoms with Gasteiger partial charge in [-0.25, -0.2) is 13.4 Å². The Bertz CT molecular complexity index is 621. The lowest BCUT2D eigenvalue weighted by Crippen LogP contribution is -2.12. The lowest BCUT2D eigenvalue weighted by atomic mass is 10.3. The first-order valence-corrected chi connectivity index (χ1v) is 8.57. The first kappa shape index (κ1) is 15.0. The molecule has 0 saturated carbocycles. The third kappa shape index (κ3) is 4.01. The minimum absolute atomic E-state index is 0.215. The Morgan fingerprint density at radius 3 is 2.67 bits per heavy atom. The quantitative estimate of drug-likeness (QED) is 0.384. The highest BCUT2D eigenvalue weighted by Crippen LogP contribution is 2.28. The van der Waals surface area contributed by atoms with Gasteiger partial charge < -0.3 is 0 Å². The molecule has 0 aliphatic rings. The molecule has 0 bridgehead atoms. The SMILES string of the molecule is CSC(=Nc1ccc(S(C)(=O)=O)cc1Br)NC#N. The van der Waals surface area contributed by atoms with Crippen LogP contribution >= 0.6 is 27.7 Å². The third-order valence-electron chi connectivity index (χ3n) is 1.93. The summed E-state index contributed by atoms with van der Waals surface area (Å²) in [5.74, 6) is 0. The van der Waals surface area contributed by atoms with Gasteiger partial charge in [0.2, 0.25) is 0 Å². The number of nitriles is 1. The molecule has 0 fully saturated rings. The molecule has 96 valence electrons. The Labute approximate surface area is 118 Å². The molecular formula is C10H10BrN3O2S2. The maximum atomic E-state index is 11.4. The van der Waals surface area contributed by atoms with Gasteiger partial charge in [-0.2, -0.15) is 5.26 Å². The molecule has 0 saturated heterocycles. The van der Waals surface area contributed by atoms with E-state index in [1.165, 1.54) is 23.9 Å². The van der Waals surface area contributed by atoms with Gasteiger partial charge in [0.25, 0.3) is 0 Å². The zero-order chi connectivity index (χ0) is 13.8. The summed E-state index contributed by atoms with van der Waals surface area (Å²) in [5.41, 5.74) is 0.550. The van der Waals surface area contributed by atoms with Crippen molar-refractivity contribution in [1.82, 2.24) is 5.32 Å². The molecule has 0 radical (unpaired) electrons. The Morgan fingerprint density at radius 2 is 2.22 bits per heavy atom. The van der Waals surface area contributed by atoms with Crippen molar-refractivity contribution >= 4 is 48.4 Å². The van der Waals surface area contributed by atoms with E-state index in [1.807, 2.05) is 0 Å². The standard InChI is InChI=1S/C10H10BrN3O2S2/c1-17-10(13-6-12)14-9-4-3-7(5-8(9)11)18(2,15)16/h3-5H,1-2H3,(H,13,14). The fourth-order valence-corrected chi connectivity index (χ4v) is 2.69. The zero-order valence-corrected chi connectivity index (χ0v) is 12.9. The Hall–Kier alpha value is -1.04. The molecule has 5 nitrogen and oxygen atoms in total. The number of aliphatic imine (C=N–C) groups is 1. The van der Waals surface area contributed by atoms with E-state index in [0.717, 1.165) is 6.26 Å². The predicted molar refractivity (Wildman–Crippen MR) is 76.6 cm³/mol. The van der Waals surface area contributed by atoms with Crippen LogP contribution in [0.5, 0.6) is 0 Å². The fraction of sp³-hybridized carbons (Fsp3) is 0.200. The molecule has 0 spiro atoms. The van der Waals surface area contributed by atoms with Crippen LogP contribution in [0.1, 0.15) is 0 Å². The lowest BCUT2D eigenvalue weighted by molar-refractivity contribution is 0.602. The number of hydrogen-bond acceptors (Lipinski definition) is 5. The number of nitrogens with one attached hydrogen (secondary N) is 1. The van der Waals surface area contributed by atoms with Gasteiger partial charge in [0.05, 0.1) is 10.6 Å². The second-order valence-corrected chi connectivity index (χ2v) is 6.91. The summed E-state index contributed by atoms with van der Waals surface area (Å²) in [6, 6.07) is 4.54. The van der Waals surface area contributed by atoms with E-state index in [-0.39, 0.29) is 4.90 Å². The van der Waals surface area contributed by atoms with Crippen LogP contribution in [0.2, 0.25) is 0 Å². The van der Waals surface area contributed by atoms with Crippen molar-refractivity contribution in [3.8, 4) is 6.19 Å². The topological polar surface area (TPSA) is 82.3 Å². The van der Waals surface area contributed by atoms with Crippen molar-refractivity contribution in [3.05, 3.63) is 22.7 Å². The van der Waals surface area contributed by atoms with Crippen LogP contribution in [0.15, 0.2) is 32.6 Å². The molecule has 0 aliphatic heterocycles. The third-order valence-corrected chi connectivity index (χ3v) is 4.25. The number of rotatable bonds is 2. The highest BCUT2D eigenvalue weighted by Gasteiger charge is 2.09. The second-order valence-electron chi connectivity index (χ2n) is 3.24. The van der Waals surface area contributed by atoms with E-state index in [4.69, 9.17) is 5.26 Å². The molecule has 1 aromatic rings. The number of sulfone groups is 1. The molecular weight excluding hydrogens is 338 g/mol. The van der Waals surface area contributed by atoms with Gasteiger partial charge in [-0.3, -0.25) is 5.32 Å².